The van der Waals surface area contributed by atoms with Gasteiger partial charge in [0, 0.05) is 24.2 Å². The highest BCUT2D eigenvalue weighted by molar-refractivity contribution is 5.59. The maximum Gasteiger partial charge on any atom is 0.130 e. The van der Waals surface area contributed by atoms with Gasteiger partial charge in [-0.1, -0.05) is 0 Å². The maximum atomic E-state index is 12.9. The molecule has 0 amide bonds. The van der Waals surface area contributed by atoms with Gasteiger partial charge >= 0.3 is 0 Å². The molecule has 1 aromatic heterocycles. The average molecular weight is 245 g/mol. The van der Waals surface area contributed by atoms with Crippen LogP contribution in [-0.4, -0.2) is 23.6 Å². The van der Waals surface area contributed by atoms with Crippen LogP contribution in [0.5, 0.6) is 0 Å². The molecular weight excluding hydrogens is 229 g/mol. The summed E-state index contributed by atoms with van der Waals surface area (Å²) in [7, 11) is 1.90. The fourth-order valence-corrected chi connectivity index (χ4v) is 1.75. The van der Waals surface area contributed by atoms with E-state index in [-0.39, 0.29) is 5.82 Å². The molecule has 1 aromatic carbocycles. The predicted octanol–water partition coefficient (Wildman–Crippen LogP) is 2.35. The minimum atomic E-state index is -0.236. The zero-order chi connectivity index (χ0) is 13.0. The first kappa shape index (κ1) is 12.6. The highest BCUT2D eigenvalue weighted by atomic mass is 19.1. The Labute approximate surface area is 106 Å². The molecule has 2 rings (SSSR count). The molecule has 0 aliphatic rings. The van der Waals surface area contributed by atoms with E-state index in [1.807, 2.05) is 20.0 Å². The molecule has 0 bridgehead atoms. The first-order valence-corrected chi connectivity index (χ1v) is 5.94. The van der Waals surface area contributed by atoms with E-state index in [1.165, 1.54) is 12.1 Å². The number of nitrogens with zero attached hydrogens (tertiary/aromatic N) is 2. The number of halogens is 1. The van der Waals surface area contributed by atoms with Crippen LogP contribution in [0.3, 0.4) is 0 Å². The van der Waals surface area contributed by atoms with Crippen molar-refractivity contribution in [3.8, 4) is 11.3 Å². The number of aryl methyl sites for hydroxylation is 1. The van der Waals surface area contributed by atoms with E-state index in [1.54, 1.807) is 12.1 Å². The third kappa shape index (κ3) is 3.11. The summed E-state index contributed by atoms with van der Waals surface area (Å²) in [5, 5.41) is 3.07. The van der Waals surface area contributed by atoms with Crippen molar-refractivity contribution < 1.29 is 4.39 Å². The lowest BCUT2D eigenvalue weighted by Gasteiger charge is -2.06. The molecule has 0 saturated carbocycles. The van der Waals surface area contributed by atoms with Gasteiger partial charge in [0.1, 0.15) is 11.6 Å². The highest BCUT2D eigenvalue weighted by Gasteiger charge is 2.04. The van der Waals surface area contributed by atoms with Crippen molar-refractivity contribution in [3.05, 3.63) is 47.7 Å². The van der Waals surface area contributed by atoms with E-state index in [0.717, 1.165) is 35.7 Å². The van der Waals surface area contributed by atoms with E-state index in [9.17, 15) is 4.39 Å². The Morgan fingerprint density at radius 1 is 1.17 bits per heavy atom. The number of nitrogens with one attached hydrogen (secondary N) is 1. The molecule has 0 aliphatic heterocycles. The Balaban J connectivity index is 2.32. The van der Waals surface area contributed by atoms with Gasteiger partial charge in [-0.3, -0.25) is 0 Å². The van der Waals surface area contributed by atoms with Crippen LogP contribution in [0.1, 0.15) is 11.5 Å². The lowest BCUT2D eigenvalue weighted by atomic mass is 10.1. The monoisotopic (exact) mass is 245 g/mol. The largest absolute Gasteiger partial charge is 0.319 e. The Morgan fingerprint density at radius 3 is 2.56 bits per heavy atom. The number of hydrogen-bond donors (Lipinski definition) is 1. The van der Waals surface area contributed by atoms with Crippen LogP contribution in [-0.2, 0) is 6.42 Å². The zero-order valence-electron chi connectivity index (χ0n) is 10.6. The minimum absolute atomic E-state index is 0.236. The fraction of sp³-hybridized carbons (Fsp3) is 0.286. The van der Waals surface area contributed by atoms with Crippen LogP contribution in [0.2, 0.25) is 0 Å². The molecule has 0 unspecified atom stereocenters. The van der Waals surface area contributed by atoms with Crippen LogP contribution in [0, 0.1) is 12.7 Å². The van der Waals surface area contributed by atoms with Crippen molar-refractivity contribution in [1.82, 2.24) is 15.3 Å². The van der Waals surface area contributed by atoms with Crippen molar-refractivity contribution in [1.29, 1.82) is 0 Å². The topological polar surface area (TPSA) is 37.8 Å². The lowest BCUT2D eigenvalue weighted by Crippen LogP contribution is -2.12. The molecule has 4 heteroatoms. The maximum absolute atomic E-state index is 12.9. The van der Waals surface area contributed by atoms with E-state index < -0.39 is 0 Å². The third-order valence-corrected chi connectivity index (χ3v) is 2.64. The van der Waals surface area contributed by atoms with Crippen LogP contribution in [0.4, 0.5) is 4.39 Å². The summed E-state index contributed by atoms with van der Waals surface area (Å²) in [6, 6.07) is 8.27. The van der Waals surface area contributed by atoms with E-state index in [4.69, 9.17) is 0 Å². The molecule has 1 heterocycles. The molecule has 1 N–H and O–H groups in total. The van der Waals surface area contributed by atoms with Gasteiger partial charge in [0.15, 0.2) is 0 Å². The zero-order valence-corrected chi connectivity index (χ0v) is 10.6. The van der Waals surface area contributed by atoms with Crippen molar-refractivity contribution in [3.63, 3.8) is 0 Å². The molecular formula is C14H16FN3. The van der Waals surface area contributed by atoms with Gasteiger partial charge < -0.3 is 5.32 Å². The van der Waals surface area contributed by atoms with Crippen molar-refractivity contribution in [2.24, 2.45) is 0 Å². The summed E-state index contributed by atoms with van der Waals surface area (Å²) in [4.78, 5) is 8.89. The van der Waals surface area contributed by atoms with Crippen LogP contribution in [0.25, 0.3) is 11.3 Å². The number of benzene rings is 1. The second kappa shape index (κ2) is 5.69. The summed E-state index contributed by atoms with van der Waals surface area (Å²) in [6.07, 6.45) is 0.784. The van der Waals surface area contributed by atoms with Crippen molar-refractivity contribution in [2.75, 3.05) is 13.6 Å². The molecule has 94 valence electrons. The highest BCUT2D eigenvalue weighted by Crippen LogP contribution is 2.18. The molecule has 0 aliphatic carbocycles. The van der Waals surface area contributed by atoms with Gasteiger partial charge in [-0.2, -0.15) is 0 Å². The standard InChI is InChI=1S/C14H16FN3/c1-10-9-13(11-3-5-12(15)6-4-11)18-14(17-10)7-8-16-2/h3-6,9,16H,7-8H2,1-2H3. The first-order valence-electron chi connectivity index (χ1n) is 5.94. The van der Waals surface area contributed by atoms with Gasteiger partial charge in [-0.05, 0) is 44.3 Å². The van der Waals surface area contributed by atoms with Gasteiger partial charge in [0.25, 0.3) is 0 Å². The van der Waals surface area contributed by atoms with E-state index in [0.29, 0.717) is 0 Å². The van der Waals surface area contributed by atoms with Crippen molar-refractivity contribution in [2.45, 2.75) is 13.3 Å². The number of aromatic nitrogens is 2. The van der Waals surface area contributed by atoms with Gasteiger partial charge in [-0.25, -0.2) is 14.4 Å². The van der Waals surface area contributed by atoms with Gasteiger partial charge in [-0.15, -0.1) is 0 Å². The molecule has 0 fully saturated rings. The normalized spacial score (nSPS) is 10.6. The van der Waals surface area contributed by atoms with Gasteiger partial charge in [0.2, 0.25) is 0 Å². The molecule has 18 heavy (non-hydrogen) atoms. The average Bonchev–Trinajstić information content (AvgIpc) is 2.36. The van der Waals surface area contributed by atoms with E-state index in [2.05, 4.69) is 15.3 Å². The molecule has 2 aromatic rings. The number of rotatable bonds is 4. The molecule has 0 saturated heterocycles. The molecule has 0 spiro atoms. The Hall–Kier alpha value is -1.81. The second-order valence-corrected chi connectivity index (χ2v) is 4.17. The lowest BCUT2D eigenvalue weighted by molar-refractivity contribution is 0.628. The summed E-state index contributed by atoms with van der Waals surface area (Å²) in [5.41, 5.74) is 2.68. The van der Waals surface area contributed by atoms with Crippen molar-refractivity contribution >= 4 is 0 Å². The molecule has 3 nitrogen and oxygen atoms in total. The Kier molecular flexibility index (Phi) is 3.99. The van der Waals surface area contributed by atoms with Crippen LogP contribution < -0.4 is 5.32 Å². The smallest absolute Gasteiger partial charge is 0.130 e. The molecule has 0 radical (unpaired) electrons. The minimum Gasteiger partial charge on any atom is -0.319 e. The number of hydrogen-bond acceptors (Lipinski definition) is 3. The fourth-order valence-electron chi connectivity index (χ4n) is 1.75. The second-order valence-electron chi connectivity index (χ2n) is 4.17. The van der Waals surface area contributed by atoms with Crippen LogP contribution in [0.15, 0.2) is 30.3 Å². The molecule has 0 atom stereocenters. The summed E-state index contributed by atoms with van der Waals surface area (Å²) < 4.78 is 12.9. The quantitative estimate of drug-likeness (QED) is 0.898. The first-order chi connectivity index (χ1) is 8.69. The summed E-state index contributed by atoms with van der Waals surface area (Å²) in [6.45, 7) is 2.78. The number of likely N-dealkylation sites (N-methyl/N-ethyl adjacent to an activating group) is 1. The van der Waals surface area contributed by atoms with Crippen LogP contribution >= 0.6 is 0 Å². The Bertz CT molecular complexity index is 523. The Morgan fingerprint density at radius 2 is 1.89 bits per heavy atom. The van der Waals surface area contributed by atoms with E-state index >= 15 is 0 Å². The third-order valence-electron chi connectivity index (χ3n) is 2.64. The predicted molar refractivity (Wildman–Crippen MR) is 69.8 cm³/mol. The SMILES string of the molecule is CNCCc1nc(C)cc(-c2ccc(F)cc2)n1. The summed E-state index contributed by atoms with van der Waals surface area (Å²) in [5.74, 6) is 0.573. The van der Waals surface area contributed by atoms with Gasteiger partial charge in [0.05, 0.1) is 5.69 Å². The summed E-state index contributed by atoms with van der Waals surface area (Å²) >= 11 is 0.